The second-order valence-electron chi connectivity index (χ2n) is 7.06. The number of ether oxygens (including phenoxy) is 1. The van der Waals surface area contributed by atoms with E-state index in [1.165, 1.54) is 11.6 Å². The second-order valence-corrected chi connectivity index (χ2v) is 8.39. The third-order valence-corrected chi connectivity index (χ3v) is 6.41. The molecule has 2 aromatic rings. The highest BCUT2D eigenvalue weighted by molar-refractivity contribution is 7.99. The molecule has 1 atom stereocenters. The molecule has 3 rings (SSSR count). The van der Waals surface area contributed by atoms with Gasteiger partial charge in [0.25, 0.3) is 0 Å². The Morgan fingerprint density at radius 3 is 2.63 bits per heavy atom. The summed E-state index contributed by atoms with van der Waals surface area (Å²) in [5, 5.41) is 2.97. The normalized spacial score (nSPS) is 17.3. The lowest BCUT2D eigenvalue weighted by molar-refractivity contribution is -0.120. The van der Waals surface area contributed by atoms with Gasteiger partial charge in [-0.05, 0) is 43.0 Å². The van der Waals surface area contributed by atoms with Crippen LogP contribution in [0.25, 0.3) is 0 Å². The maximum Gasteiger partial charge on any atom is 0.232 e. The van der Waals surface area contributed by atoms with Crippen molar-refractivity contribution in [2.24, 2.45) is 0 Å². The quantitative estimate of drug-likeness (QED) is 0.769. The zero-order valence-corrected chi connectivity index (χ0v) is 16.4. The molecule has 1 unspecified atom stereocenters. The summed E-state index contributed by atoms with van der Waals surface area (Å²) in [6.07, 6.45) is 1.56. The minimum Gasteiger partial charge on any atom is -0.381 e. The van der Waals surface area contributed by atoms with Gasteiger partial charge in [-0.2, -0.15) is 0 Å². The van der Waals surface area contributed by atoms with Crippen molar-refractivity contribution < 1.29 is 13.9 Å². The third-order valence-electron chi connectivity index (χ3n) is 5.20. The number of rotatable bonds is 7. The largest absolute Gasteiger partial charge is 0.381 e. The number of hydrogen-bond donors (Lipinski definition) is 1. The summed E-state index contributed by atoms with van der Waals surface area (Å²) < 4.78 is 19.3. The van der Waals surface area contributed by atoms with Gasteiger partial charge in [0, 0.05) is 30.9 Å². The summed E-state index contributed by atoms with van der Waals surface area (Å²) in [6, 6.07) is 16.9. The topological polar surface area (TPSA) is 38.3 Å². The lowest BCUT2D eigenvalue weighted by Gasteiger charge is -2.38. The van der Waals surface area contributed by atoms with Gasteiger partial charge in [-0.1, -0.05) is 42.5 Å². The van der Waals surface area contributed by atoms with Crippen molar-refractivity contribution in [2.45, 2.75) is 36.2 Å². The number of hydrogen-bond acceptors (Lipinski definition) is 3. The van der Waals surface area contributed by atoms with E-state index in [0.717, 1.165) is 24.2 Å². The van der Waals surface area contributed by atoms with Gasteiger partial charge in [0.05, 0.1) is 5.25 Å². The number of carbonyl (C=O) groups excluding carboxylic acids is 1. The fourth-order valence-electron chi connectivity index (χ4n) is 3.42. The smallest absolute Gasteiger partial charge is 0.232 e. The molecule has 27 heavy (non-hydrogen) atoms. The molecule has 1 N–H and O–H groups in total. The van der Waals surface area contributed by atoms with Gasteiger partial charge in [0.15, 0.2) is 0 Å². The number of benzene rings is 2. The first-order chi connectivity index (χ1) is 13.1. The number of halogens is 1. The highest BCUT2D eigenvalue weighted by Gasteiger charge is 2.35. The molecule has 0 aromatic heterocycles. The van der Waals surface area contributed by atoms with E-state index < -0.39 is 0 Å². The van der Waals surface area contributed by atoms with Crippen LogP contribution in [-0.4, -0.2) is 30.9 Å². The van der Waals surface area contributed by atoms with Gasteiger partial charge >= 0.3 is 0 Å². The number of thioether (sulfide) groups is 1. The van der Waals surface area contributed by atoms with Crippen LogP contribution >= 0.6 is 11.8 Å². The molecule has 0 radical (unpaired) electrons. The lowest BCUT2D eigenvalue weighted by atomic mass is 9.74. The summed E-state index contributed by atoms with van der Waals surface area (Å²) in [7, 11) is 0. The SMILES string of the molecule is CC(SCc1ccccc1)C(=O)NCC1(c2cccc(F)c2)CCOCC1. The van der Waals surface area contributed by atoms with Crippen LogP contribution in [0.15, 0.2) is 54.6 Å². The molecule has 1 fully saturated rings. The first kappa shape index (κ1) is 19.9. The zero-order chi connectivity index (χ0) is 19.1. The summed E-state index contributed by atoms with van der Waals surface area (Å²) in [4.78, 5) is 12.6. The van der Waals surface area contributed by atoms with Gasteiger partial charge in [-0.25, -0.2) is 4.39 Å². The molecule has 1 heterocycles. The summed E-state index contributed by atoms with van der Waals surface area (Å²) in [5.74, 6) is 0.591. The Morgan fingerprint density at radius 2 is 1.93 bits per heavy atom. The van der Waals surface area contributed by atoms with Crippen LogP contribution < -0.4 is 5.32 Å². The summed E-state index contributed by atoms with van der Waals surface area (Å²) in [6.45, 7) is 3.70. The molecule has 1 saturated heterocycles. The fraction of sp³-hybridized carbons (Fsp3) is 0.409. The molecule has 0 spiro atoms. The Labute approximate surface area is 164 Å². The average Bonchev–Trinajstić information content (AvgIpc) is 2.71. The molecule has 0 aliphatic carbocycles. The molecule has 0 saturated carbocycles. The van der Waals surface area contributed by atoms with Crippen LogP contribution in [0.4, 0.5) is 4.39 Å². The zero-order valence-electron chi connectivity index (χ0n) is 15.6. The molecule has 144 valence electrons. The molecule has 1 aliphatic heterocycles. The Balaban J connectivity index is 1.60. The van der Waals surface area contributed by atoms with E-state index in [2.05, 4.69) is 17.4 Å². The molecular weight excluding hydrogens is 361 g/mol. The van der Waals surface area contributed by atoms with Gasteiger partial charge in [-0.15, -0.1) is 11.8 Å². The molecular formula is C22H26FNO2S. The summed E-state index contributed by atoms with van der Waals surface area (Å²) in [5.41, 5.74) is 1.89. The van der Waals surface area contributed by atoms with E-state index in [1.54, 1.807) is 23.9 Å². The first-order valence-electron chi connectivity index (χ1n) is 9.36. The van der Waals surface area contributed by atoms with Crippen LogP contribution in [0, 0.1) is 5.82 Å². The van der Waals surface area contributed by atoms with Gasteiger partial charge in [-0.3, -0.25) is 4.79 Å². The Morgan fingerprint density at radius 1 is 1.19 bits per heavy atom. The molecule has 1 amide bonds. The monoisotopic (exact) mass is 387 g/mol. The van der Waals surface area contributed by atoms with Crippen molar-refractivity contribution in [1.82, 2.24) is 5.32 Å². The third kappa shape index (κ3) is 5.33. The van der Waals surface area contributed by atoms with E-state index in [1.807, 2.05) is 31.2 Å². The minimum atomic E-state index is -0.264. The van der Waals surface area contributed by atoms with E-state index in [4.69, 9.17) is 4.74 Å². The van der Waals surface area contributed by atoms with Crippen molar-refractivity contribution in [2.75, 3.05) is 19.8 Å². The van der Waals surface area contributed by atoms with Crippen molar-refractivity contribution in [3.8, 4) is 0 Å². The average molecular weight is 388 g/mol. The molecule has 1 aliphatic rings. The number of nitrogens with one attached hydrogen (secondary N) is 1. The lowest BCUT2D eigenvalue weighted by Crippen LogP contribution is -2.46. The first-order valence-corrected chi connectivity index (χ1v) is 10.4. The number of amides is 1. The van der Waals surface area contributed by atoms with Crippen molar-refractivity contribution in [1.29, 1.82) is 0 Å². The predicted octanol–water partition coefficient (Wildman–Crippen LogP) is 4.31. The van der Waals surface area contributed by atoms with E-state index >= 15 is 0 Å². The minimum absolute atomic E-state index is 0.0261. The molecule has 3 nitrogen and oxygen atoms in total. The van der Waals surface area contributed by atoms with Gasteiger partial charge in [0.1, 0.15) is 5.82 Å². The van der Waals surface area contributed by atoms with Gasteiger partial charge in [0.2, 0.25) is 5.91 Å². The predicted molar refractivity (Wildman–Crippen MR) is 108 cm³/mol. The van der Waals surface area contributed by atoms with Crippen molar-refractivity contribution in [3.63, 3.8) is 0 Å². The molecule has 0 bridgehead atoms. The van der Waals surface area contributed by atoms with E-state index in [9.17, 15) is 9.18 Å². The Hall–Kier alpha value is -1.85. The highest BCUT2D eigenvalue weighted by atomic mass is 32.2. The maximum absolute atomic E-state index is 13.8. The van der Waals surface area contributed by atoms with Gasteiger partial charge < -0.3 is 10.1 Å². The summed E-state index contributed by atoms with van der Waals surface area (Å²) >= 11 is 1.62. The van der Waals surface area contributed by atoms with E-state index in [0.29, 0.717) is 19.8 Å². The second kappa shape index (κ2) is 9.38. The Bertz CT molecular complexity index is 747. The van der Waals surface area contributed by atoms with Crippen molar-refractivity contribution in [3.05, 3.63) is 71.5 Å². The Kier molecular flexibility index (Phi) is 6.91. The van der Waals surface area contributed by atoms with Crippen LogP contribution in [-0.2, 0) is 20.7 Å². The fourth-order valence-corrected chi connectivity index (χ4v) is 4.29. The highest BCUT2D eigenvalue weighted by Crippen LogP contribution is 2.34. The molecule has 5 heteroatoms. The molecule has 2 aromatic carbocycles. The van der Waals surface area contributed by atoms with Crippen LogP contribution in [0.5, 0.6) is 0 Å². The standard InChI is InChI=1S/C22H26FNO2S/c1-17(27-15-18-6-3-2-4-7-18)21(25)24-16-22(10-12-26-13-11-22)19-8-5-9-20(23)14-19/h2-9,14,17H,10-13,15-16H2,1H3,(H,24,25). The number of carbonyl (C=O) groups is 1. The van der Waals surface area contributed by atoms with Crippen LogP contribution in [0.1, 0.15) is 30.9 Å². The van der Waals surface area contributed by atoms with Crippen LogP contribution in [0.2, 0.25) is 0 Å². The van der Waals surface area contributed by atoms with Crippen molar-refractivity contribution >= 4 is 17.7 Å². The maximum atomic E-state index is 13.8. The van der Waals surface area contributed by atoms with Crippen LogP contribution in [0.3, 0.4) is 0 Å². The van der Waals surface area contributed by atoms with E-state index in [-0.39, 0.29) is 22.4 Å².